The molecule has 0 amide bonds. The van der Waals surface area contributed by atoms with Crippen LogP contribution >= 0.6 is 0 Å². The van der Waals surface area contributed by atoms with E-state index in [4.69, 9.17) is 4.74 Å². The van der Waals surface area contributed by atoms with Crippen LogP contribution in [0, 0.1) is 12.8 Å². The number of hydrogen-bond donors (Lipinski definition) is 1. The summed E-state index contributed by atoms with van der Waals surface area (Å²) in [7, 11) is 2.01. The number of benzene rings is 1. The van der Waals surface area contributed by atoms with E-state index >= 15 is 0 Å². The van der Waals surface area contributed by atoms with Gasteiger partial charge in [-0.05, 0) is 18.4 Å². The highest BCUT2D eigenvalue weighted by atomic mass is 127. The summed E-state index contributed by atoms with van der Waals surface area (Å²) in [6, 6.07) is 9.34. The predicted molar refractivity (Wildman–Crippen MR) is 107 cm³/mol. The van der Waals surface area contributed by atoms with Crippen LogP contribution in [0.5, 0.6) is 0 Å². The third-order valence-electron chi connectivity index (χ3n) is 6.14. The number of ether oxygens (including phenoxy) is 1. The minimum absolute atomic E-state index is 0. The van der Waals surface area contributed by atoms with Gasteiger partial charge in [-0.15, -0.1) is 0 Å². The van der Waals surface area contributed by atoms with Crippen molar-refractivity contribution in [3.8, 4) is 0 Å². The molecule has 1 N–H and O–H groups in total. The Labute approximate surface area is 191 Å². The molecule has 5 nitrogen and oxygen atoms in total. The Balaban J connectivity index is 0.00000300. The molecule has 0 spiro atoms. The number of hydrogen-bond acceptors (Lipinski definition) is 3. The maximum absolute atomic E-state index is 13.1. The monoisotopic (exact) mass is 512 g/mol. The second kappa shape index (κ2) is 11.1. The number of rotatable bonds is 7. The molecule has 3 rings (SSSR count). The van der Waals surface area contributed by atoms with Crippen molar-refractivity contribution in [1.82, 2.24) is 4.57 Å². The summed E-state index contributed by atoms with van der Waals surface area (Å²) in [5.41, 5.74) is -0.901. The van der Waals surface area contributed by atoms with Crippen LogP contribution in [0.25, 0.3) is 0 Å². The average molecular weight is 512 g/mol. The summed E-state index contributed by atoms with van der Waals surface area (Å²) < 4.78 is 9.82. The Kier molecular flexibility index (Phi) is 9.14. The Morgan fingerprint density at radius 2 is 1.86 bits per heavy atom. The van der Waals surface area contributed by atoms with Crippen LogP contribution in [0.15, 0.2) is 42.7 Å². The summed E-state index contributed by atoms with van der Waals surface area (Å²) in [5.74, 6) is 0.571. The van der Waals surface area contributed by atoms with E-state index < -0.39 is 11.6 Å². The van der Waals surface area contributed by atoms with Crippen molar-refractivity contribution in [2.24, 2.45) is 13.0 Å². The molecular formula is C23H33IN2O3. The Morgan fingerprint density at radius 1 is 1.21 bits per heavy atom. The van der Waals surface area contributed by atoms with E-state index in [-0.39, 0.29) is 29.9 Å². The van der Waals surface area contributed by atoms with Gasteiger partial charge >= 0.3 is 5.97 Å². The Hall–Kier alpha value is -1.41. The standard InChI is InChI=1S/C23H33N2O3.HI/c1-19-24(2)16-17-25(19)15-10-18-28-22(26)23(27,21-13-8-5-9-14-21)20-11-6-3-4-7-12-20;/h5,8-9,13-14,16-17,20,27H,3-4,6-7,10-12,15,18H2,1-2H3;1H/q+1;/p-1. The van der Waals surface area contributed by atoms with Crippen molar-refractivity contribution in [3.63, 3.8) is 0 Å². The van der Waals surface area contributed by atoms with E-state index in [1.165, 1.54) is 12.8 Å². The number of nitrogens with zero attached hydrogens (tertiary/aromatic N) is 2. The molecule has 1 unspecified atom stereocenters. The Morgan fingerprint density at radius 3 is 2.45 bits per heavy atom. The van der Waals surface area contributed by atoms with Crippen molar-refractivity contribution in [3.05, 3.63) is 54.1 Å². The zero-order valence-electron chi connectivity index (χ0n) is 17.5. The molecule has 1 saturated carbocycles. The molecule has 6 heteroatoms. The largest absolute Gasteiger partial charge is 1.00 e. The van der Waals surface area contributed by atoms with Crippen molar-refractivity contribution in [2.45, 2.75) is 64.0 Å². The van der Waals surface area contributed by atoms with Crippen LogP contribution in [0.2, 0.25) is 0 Å². The van der Waals surface area contributed by atoms with Gasteiger partial charge in [-0.1, -0.05) is 56.0 Å². The van der Waals surface area contributed by atoms with Crippen LogP contribution in [-0.4, -0.2) is 22.2 Å². The topological polar surface area (TPSA) is 55.3 Å². The molecule has 1 aromatic carbocycles. The molecule has 29 heavy (non-hydrogen) atoms. The molecule has 1 fully saturated rings. The van der Waals surface area contributed by atoms with E-state index in [0.717, 1.165) is 44.5 Å². The molecule has 160 valence electrons. The Bertz CT molecular complexity index is 770. The molecule has 0 saturated heterocycles. The number of carbonyl (C=O) groups excluding carboxylic acids is 1. The van der Waals surface area contributed by atoms with Gasteiger partial charge in [-0.25, -0.2) is 13.9 Å². The molecule has 0 radical (unpaired) electrons. The lowest BCUT2D eigenvalue weighted by Crippen LogP contribution is -3.00. The number of aromatic nitrogens is 2. The zero-order valence-corrected chi connectivity index (χ0v) is 19.7. The first-order chi connectivity index (χ1) is 13.5. The number of halogens is 1. The highest BCUT2D eigenvalue weighted by Crippen LogP contribution is 2.39. The van der Waals surface area contributed by atoms with Crippen molar-refractivity contribution in [2.75, 3.05) is 6.61 Å². The lowest BCUT2D eigenvalue weighted by molar-refractivity contribution is -0.677. The maximum atomic E-state index is 13.1. The van der Waals surface area contributed by atoms with Crippen molar-refractivity contribution in [1.29, 1.82) is 0 Å². The van der Waals surface area contributed by atoms with E-state index in [0.29, 0.717) is 12.2 Å². The second-order valence-corrected chi connectivity index (χ2v) is 7.96. The van der Waals surface area contributed by atoms with Crippen molar-refractivity contribution < 1.29 is 43.2 Å². The van der Waals surface area contributed by atoms with Gasteiger partial charge in [0, 0.05) is 19.3 Å². The summed E-state index contributed by atoms with van der Waals surface area (Å²) in [4.78, 5) is 13.1. The van der Waals surface area contributed by atoms with Gasteiger partial charge in [-0.2, -0.15) is 0 Å². The van der Waals surface area contributed by atoms with Gasteiger partial charge in [0.25, 0.3) is 5.82 Å². The number of imidazole rings is 1. The highest BCUT2D eigenvalue weighted by molar-refractivity contribution is 5.81. The van der Waals surface area contributed by atoms with Crippen LogP contribution in [0.4, 0.5) is 0 Å². The van der Waals surface area contributed by atoms with Crippen LogP contribution in [0.1, 0.15) is 56.3 Å². The first kappa shape index (κ1) is 23.9. The summed E-state index contributed by atoms with van der Waals surface area (Å²) >= 11 is 0. The minimum Gasteiger partial charge on any atom is -1.00 e. The molecule has 1 atom stereocenters. The minimum atomic E-state index is -1.55. The molecule has 1 aliphatic rings. The maximum Gasteiger partial charge on any atom is 0.343 e. The lowest BCUT2D eigenvalue weighted by Gasteiger charge is -2.34. The third-order valence-corrected chi connectivity index (χ3v) is 6.14. The molecule has 2 aromatic rings. The molecule has 1 aliphatic carbocycles. The van der Waals surface area contributed by atoms with Gasteiger partial charge in [0.05, 0.1) is 20.2 Å². The third kappa shape index (κ3) is 5.60. The fraction of sp³-hybridized carbons (Fsp3) is 0.565. The number of esters is 1. The SMILES string of the molecule is Cc1n(CCCOC(=O)C(O)(c2ccccc2)C2CCCCCC2)cc[n+]1C.[I-]. The number of aliphatic hydroxyl groups is 1. The van der Waals surface area contributed by atoms with Crippen LogP contribution in [-0.2, 0) is 28.7 Å². The summed E-state index contributed by atoms with van der Waals surface area (Å²) in [6.07, 6.45) is 10.9. The fourth-order valence-electron chi connectivity index (χ4n) is 4.25. The van der Waals surface area contributed by atoms with Crippen molar-refractivity contribution >= 4 is 5.97 Å². The number of carbonyl (C=O) groups is 1. The lowest BCUT2D eigenvalue weighted by atomic mass is 9.77. The second-order valence-electron chi connectivity index (χ2n) is 7.96. The van der Waals surface area contributed by atoms with E-state index in [1.807, 2.05) is 49.8 Å². The van der Waals surface area contributed by atoms with Gasteiger partial charge in [0.15, 0.2) is 5.60 Å². The first-order valence-electron chi connectivity index (χ1n) is 10.5. The number of aryl methyl sites for hydroxylation is 2. The van der Waals surface area contributed by atoms with Gasteiger partial charge in [0.2, 0.25) is 0 Å². The molecule has 0 aliphatic heterocycles. The highest BCUT2D eigenvalue weighted by Gasteiger charge is 2.46. The van der Waals surface area contributed by atoms with Gasteiger partial charge in [-0.3, -0.25) is 0 Å². The molecule has 0 bridgehead atoms. The summed E-state index contributed by atoms with van der Waals surface area (Å²) in [6.45, 7) is 3.15. The molecule has 1 heterocycles. The first-order valence-corrected chi connectivity index (χ1v) is 10.5. The molecular weight excluding hydrogens is 479 g/mol. The van der Waals surface area contributed by atoms with E-state index in [2.05, 4.69) is 16.1 Å². The smallest absolute Gasteiger partial charge is 0.343 e. The van der Waals surface area contributed by atoms with E-state index in [1.54, 1.807) is 0 Å². The quantitative estimate of drug-likeness (QED) is 0.193. The van der Waals surface area contributed by atoms with Crippen LogP contribution in [0.3, 0.4) is 0 Å². The van der Waals surface area contributed by atoms with Crippen LogP contribution < -0.4 is 28.5 Å². The predicted octanol–water partition coefficient (Wildman–Crippen LogP) is 0.417. The summed E-state index contributed by atoms with van der Waals surface area (Å²) in [5, 5.41) is 11.6. The van der Waals surface area contributed by atoms with Gasteiger partial charge < -0.3 is 33.8 Å². The zero-order chi connectivity index (χ0) is 20.0. The normalized spacial score (nSPS) is 17.1. The molecule has 1 aromatic heterocycles. The average Bonchev–Trinajstić information content (AvgIpc) is 2.93. The van der Waals surface area contributed by atoms with Gasteiger partial charge in [0.1, 0.15) is 12.4 Å². The van der Waals surface area contributed by atoms with E-state index in [9.17, 15) is 9.90 Å². The fourth-order valence-corrected chi connectivity index (χ4v) is 4.25.